The molecular weight excluding hydrogens is 422 g/mol. The van der Waals surface area contributed by atoms with Crippen LogP contribution in [0.4, 0.5) is 5.69 Å². The van der Waals surface area contributed by atoms with Gasteiger partial charge in [-0.25, -0.2) is 0 Å². The largest absolute Gasteiger partial charge is 0.325 e. The molecule has 1 aromatic heterocycles. The van der Waals surface area contributed by atoms with E-state index in [0.717, 1.165) is 16.8 Å². The Kier molecular flexibility index (Phi) is 6.42. The van der Waals surface area contributed by atoms with Crippen molar-refractivity contribution in [3.05, 3.63) is 95.6 Å². The first-order valence-electron chi connectivity index (χ1n) is 10.00. The maximum Gasteiger partial charge on any atom is 0.242 e. The van der Waals surface area contributed by atoms with E-state index in [9.17, 15) is 9.59 Å². The molecule has 1 unspecified atom stereocenters. The number of Topliss-reactive ketones (excluding diaryl/α,β-unsaturated/α-hetero) is 1. The molecule has 0 aliphatic heterocycles. The standard InChI is InChI=1S/C24H21N5O2S/c1-16-8-6-13-21(14-16)29-24(26-27-28-29)32-22(18-9-4-3-5-10-18)23(31)25-20-12-7-11-19(15-20)17(2)30/h3-15,22H,1-2H3,(H,25,31). The molecule has 1 heterocycles. The highest BCUT2D eigenvalue weighted by Crippen LogP contribution is 2.35. The lowest BCUT2D eigenvalue weighted by Crippen LogP contribution is -2.19. The van der Waals surface area contributed by atoms with E-state index >= 15 is 0 Å². The summed E-state index contributed by atoms with van der Waals surface area (Å²) in [6.45, 7) is 3.49. The maximum absolute atomic E-state index is 13.3. The number of amides is 1. The molecule has 7 nitrogen and oxygen atoms in total. The van der Waals surface area contributed by atoms with E-state index < -0.39 is 5.25 Å². The van der Waals surface area contributed by atoms with Gasteiger partial charge in [-0.15, -0.1) is 5.10 Å². The third kappa shape index (κ3) is 4.92. The van der Waals surface area contributed by atoms with Crippen molar-refractivity contribution in [2.24, 2.45) is 0 Å². The van der Waals surface area contributed by atoms with Gasteiger partial charge in [-0.05, 0) is 59.7 Å². The fourth-order valence-corrected chi connectivity index (χ4v) is 4.20. The SMILES string of the molecule is CC(=O)c1cccc(NC(=O)C(Sc2nnnn2-c2cccc(C)c2)c2ccccc2)c1. The second-order valence-corrected chi connectivity index (χ2v) is 8.32. The van der Waals surface area contributed by atoms with Gasteiger partial charge in [0.05, 0.1) is 5.69 Å². The Morgan fingerprint density at radius 3 is 2.50 bits per heavy atom. The van der Waals surface area contributed by atoms with Crippen LogP contribution in [0.2, 0.25) is 0 Å². The second-order valence-electron chi connectivity index (χ2n) is 7.25. The maximum atomic E-state index is 13.3. The Morgan fingerprint density at radius 1 is 0.969 bits per heavy atom. The quantitative estimate of drug-likeness (QED) is 0.330. The Bertz CT molecular complexity index is 1260. The number of aryl methyl sites for hydroxylation is 1. The Hall–Kier alpha value is -3.78. The Labute approximate surface area is 189 Å². The molecule has 1 amide bonds. The van der Waals surface area contributed by atoms with Gasteiger partial charge < -0.3 is 5.32 Å². The van der Waals surface area contributed by atoms with Crippen molar-refractivity contribution in [3.8, 4) is 5.69 Å². The zero-order valence-electron chi connectivity index (χ0n) is 17.6. The van der Waals surface area contributed by atoms with E-state index in [1.807, 2.05) is 61.5 Å². The molecule has 8 heteroatoms. The summed E-state index contributed by atoms with van der Waals surface area (Å²) in [6, 6.07) is 24.2. The molecule has 1 atom stereocenters. The van der Waals surface area contributed by atoms with Crippen LogP contribution >= 0.6 is 11.8 Å². The number of benzene rings is 3. The Morgan fingerprint density at radius 2 is 1.75 bits per heavy atom. The first kappa shape index (κ1) is 21.5. The summed E-state index contributed by atoms with van der Waals surface area (Å²) >= 11 is 1.26. The zero-order valence-corrected chi connectivity index (χ0v) is 18.4. The van der Waals surface area contributed by atoms with Gasteiger partial charge >= 0.3 is 0 Å². The van der Waals surface area contributed by atoms with Gasteiger partial charge in [0, 0.05) is 11.3 Å². The number of thioether (sulfide) groups is 1. The monoisotopic (exact) mass is 443 g/mol. The number of anilines is 1. The number of carbonyl (C=O) groups excluding carboxylic acids is 2. The number of nitrogens with zero attached hydrogens (tertiary/aromatic N) is 4. The molecule has 0 saturated carbocycles. The number of nitrogens with one attached hydrogen (secondary N) is 1. The fraction of sp³-hybridized carbons (Fsp3) is 0.125. The molecular formula is C24H21N5O2S. The van der Waals surface area contributed by atoms with E-state index in [0.29, 0.717) is 16.4 Å². The van der Waals surface area contributed by atoms with Gasteiger partial charge in [-0.2, -0.15) is 4.68 Å². The van der Waals surface area contributed by atoms with Crippen molar-refractivity contribution < 1.29 is 9.59 Å². The summed E-state index contributed by atoms with van der Waals surface area (Å²) in [7, 11) is 0. The first-order chi connectivity index (χ1) is 15.5. The minimum Gasteiger partial charge on any atom is -0.325 e. The third-order valence-corrected chi connectivity index (χ3v) is 5.97. The summed E-state index contributed by atoms with van der Waals surface area (Å²) in [4.78, 5) is 25.0. The summed E-state index contributed by atoms with van der Waals surface area (Å²) in [5.41, 5.74) is 3.81. The number of ketones is 1. The van der Waals surface area contributed by atoms with E-state index in [-0.39, 0.29) is 11.7 Å². The van der Waals surface area contributed by atoms with Crippen molar-refractivity contribution in [2.75, 3.05) is 5.32 Å². The number of hydrogen-bond donors (Lipinski definition) is 1. The fourth-order valence-electron chi connectivity index (χ4n) is 3.20. The number of hydrogen-bond acceptors (Lipinski definition) is 6. The third-order valence-electron chi connectivity index (χ3n) is 4.79. The molecule has 0 spiro atoms. The van der Waals surface area contributed by atoms with Gasteiger partial charge in [0.25, 0.3) is 0 Å². The lowest BCUT2D eigenvalue weighted by atomic mass is 10.1. The van der Waals surface area contributed by atoms with Crippen molar-refractivity contribution >= 4 is 29.1 Å². The Balaban J connectivity index is 1.65. The van der Waals surface area contributed by atoms with Gasteiger partial charge in [0.1, 0.15) is 5.25 Å². The van der Waals surface area contributed by atoms with Gasteiger partial charge in [0.2, 0.25) is 11.1 Å². The molecule has 0 saturated heterocycles. The average molecular weight is 444 g/mol. The van der Waals surface area contributed by atoms with Crippen LogP contribution in [0.1, 0.15) is 33.7 Å². The van der Waals surface area contributed by atoms with Crippen LogP contribution in [-0.4, -0.2) is 31.9 Å². The lowest BCUT2D eigenvalue weighted by molar-refractivity contribution is -0.115. The molecule has 4 aromatic rings. The van der Waals surface area contributed by atoms with E-state index in [4.69, 9.17) is 0 Å². The molecule has 160 valence electrons. The second kappa shape index (κ2) is 9.57. The summed E-state index contributed by atoms with van der Waals surface area (Å²) in [5.74, 6) is -0.298. The van der Waals surface area contributed by atoms with Crippen LogP contribution in [0, 0.1) is 6.92 Å². The zero-order chi connectivity index (χ0) is 22.5. The minimum absolute atomic E-state index is 0.0626. The van der Waals surface area contributed by atoms with E-state index in [1.54, 1.807) is 28.9 Å². The highest BCUT2D eigenvalue weighted by Gasteiger charge is 2.25. The molecule has 32 heavy (non-hydrogen) atoms. The predicted octanol–water partition coefficient (Wildman–Crippen LogP) is 4.65. The normalized spacial score (nSPS) is 11.7. The highest BCUT2D eigenvalue weighted by molar-refractivity contribution is 8.00. The molecule has 0 aliphatic rings. The van der Waals surface area contributed by atoms with Gasteiger partial charge in [-0.3, -0.25) is 9.59 Å². The van der Waals surface area contributed by atoms with Crippen molar-refractivity contribution in [2.45, 2.75) is 24.3 Å². The molecule has 0 aliphatic carbocycles. The van der Waals surface area contributed by atoms with Crippen LogP contribution in [0.3, 0.4) is 0 Å². The van der Waals surface area contributed by atoms with Crippen LogP contribution in [0.5, 0.6) is 0 Å². The lowest BCUT2D eigenvalue weighted by Gasteiger charge is -2.17. The molecule has 1 N–H and O–H groups in total. The van der Waals surface area contributed by atoms with Crippen LogP contribution < -0.4 is 5.32 Å². The van der Waals surface area contributed by atoms with Crippen LogP contribution in [0.25, 0.3) is 5.69 Å². The summed E-state index contributed by atoms with van der Waals surface area (Å²) < 4.78 is 1.62. The van der Waals surface area contributed by atoms with Gasteiger partial charge in [0.15, 0.2) is 5.78 Å². The molecule has 4 rings (SSSR count). The summed E-state index contributed by atoms with van der Waals surface area (Å²) in [5, 5.41) is 14.9. The number of carbonyl (C=O) groups is 2. The van der Waals surface area contributed by atoms with Gasteiger partial charge in [-0.1, -0.05) is 66.4 Å². The number of aromatic nitrogens is 4. The smallest absolute Gasteiger partial charge is 0.242 e. The van der Waals surface area contributed by atoms with E-state index in [1.165, 1.54) is 18.7 Å². The van der Waals surface area contributed by atoms with Crippen LogP contribution in [0.15, 0.2) is 84.0 Å². The number of tetrazole rings is 1. The number of rotatable bonds is 7. The molecule has 3 aromatic carbocycles. The van der Waals surface area contributed by atoms with Crippen LogP contribution in [-0.2, 0) is 4.79 Å². The average Bonchev–Trinajstić information content (AvgIpc) is 3.26. The first-order valence-corrected chi connectivity index (χ1v) is 10.9. The highest BCUT2D eigenvalue weighted by atomic mass is 32.2. The topological polar surface area (TPSA) is 89.8 Å². The van der Waals surface area contributed by atoms with Crippen molar-refractivity contribution in [3.63, 3.8) is 0 Å². The minimum atomic E-state index is -0.605. The van der Waals surface area contributed by atoms with Crippen molar-refractivity contribution in [1.29, 1.82) is 0 Å². The summed E-state index contributed by atoms with van der Waals surface area (Å²) in [6.07, 6.45) is 0. The molecule has 0 fully saturated rings. The predicted molar refractivity (Wildman–Crippen MR) is 124 cm³/mol. The van der Waals surface area contributed by atoms with E-state index in [2.05, 4.69) is 20.8 Å². The molecule has 0 bridgehead atoms. The molecule has 0 radical (unpaired) electrons. The van der Waals surface area contributed by atoms with Crippen molar-refractivity contribution in [1.82, 2.24) is 20.2 Å².